The van der Waals surface area contributed by atoms with Gasteiger partial charge in [0.15, 0.2) is 5.11 Å². The molecule has 0 unspecified atom stereocenters. The number of hydrogen-bond acceptors (Lipinski definition) is 5. The Morgan fingerprint density at radius 1 is 1.17 bits per heavy atom. The van der Waals surface area contributed by atoms with Crippen LogP contribution in [0, 0.1) is 0 Å². The van der Waals surface area contributed by atoms with E-state index in [9.17, 15) is 13.2 Å². The van der Waals surface area contributed by atoms with Crippen molar-refractivity contribution in [2.75, 3.05) is 31.1 Å². The molecule has 2 heterocycles. The lowest BCUT2D eigenvalue weighted by Gasteiger charge is -2.37. The quantitative estimate of drug-likeness (QED) is 0.439. The number of nitrogens with zero attached hydrogens (tertiary/aromatic N) is 4. The lowest BCUT2D eigenvalue weighted by Crippen LogP contribution is -2.46. The molecular formula is C19H21F3N6S. The van der Waals surface area contributed by atoms with Gasteiger partial charge in [-0.15, -0.1) is 0 Å². The molecule has 2 aromatic rings. The van der Waals surface area contributed by atoms with Crippen LogP contribution in [0.2, 0.25) is 0 Å². The summed E-state index contributed by atoms with van der Waals surface area (Å²) in [5.41, 5.74) is 8.53. The van der Waals surface area contributed by atoms with E-state index in [1.54, 1.807) is 23.4 Å². The van der Waals surface area contributed by atoms with Gasteiger partial charge in [-0.05, 0) is 47.6 Å². The molecule has 6 nitrogen and oxygen atoms in total. The fourth-order valence-corrected chi connectivity index (χ4v) is 3.25. The summed E-state index contributed by atoms with van der Waals surface area (Å²) in [6, 6.07) is 8.06. The molecule has 1 aromatic heterocycles. The second-order valence-electron chi connectivity index (χ2n) is 6.63. The van der Waals surface area contributed by atoms with Gasteiger partial charge >= 0.3 is 6.18 Å². The minimum absolute atomic E-state index is 0.0569. The number of thiocarbonyl (C=S) groups is 1. The van der Waals surface area contributed by atoms with Crippen LogP contribution in [0.4, 0.5) is 18.9 Å². The number of rotatable bonds is 5. The minimum atomic E-state index is -4.47. The smallest absolute Gasteiger partial charge is 0.375 e. The number of benzene rings is 1. The molecule has 10 heteroatoms. The average molecular weight is 422 g/mol. The number of nitrogens with one attached hydrogen (secondary N) is 1. The molecular weight excluding hydrogens is 401 g/mol. The number of piperazine rings is 1. The second-order valence-corrected chi connectivity index (χ2v) is 7.07. The zero-order valence-electron chi connectivity index (χ0n) is 15.6. The third-order valence-electron chi connectivity index (χ3n) is 4.58. The van der Waals surface area contributed by atoms with Crippen molar-refractivity contribution in [1.82, 2.24) is 15.3 Å². The molecule has 29 heavy (non-hydrogen) atoms. The number of aromatic nitrogens is 1. The number of hydrazone groups is 1. The predicted octanol–water partition coefficient (Wildman–Crippen LogP) is 2.59. The highest BCUT2D eigenvalue weighted by Gasteiger charge is 2.35. The zero-order valence-corrected chi connectivity index (χ0v) is 16.4. The van der Waals surface area contributed by atoms with Crippen molar-refractivity contribution in [3.8, 4) is 0 Å². The molecule has 3 rings (SSSR count). The van der Waals surface area contributed by atoms with Crippen LogP contribution in [0.25, 0.3) is 0 Å². The first kappa shape index (κ1) is 21.0. The Labute approximate surface area is 172 Å². The van der Waals surface area contributed by atoms with Gasteiger partial charge < -0.3 is 10.6 Å². The molecule has 1 saturated heterocycles. The summed E-state index contributed by atoms with van der Waals surface area (Å²) in [6.45, 7) is 3.16. The van der Waals surface area contributed by atoms with Crippen molar-refractivity contribution in [2.45, 2.75) is 12.7 Å². The van der Waals surface area contributed by atoms with Crippen LogP contribution in [0.3, 0.4) is 0 Å². The molecule has 0 aliphatic carbocycles. The van der Waals surface area contributed by atoms with Gasteiger partial charge in [0, 0.05) is 50.8 Å². The van der Waals surface area contributed by atoms with E-state index in [-0.39, 0.29) is 10.8 Å². The van der Waals surface area contributed by atoms with E-state index >= 15 is 0 Å². The predicted molar refractivity (Wildman–Crippen MR) is 111 cm³/mol. The van der Waals surface area contributed by atoms with Gasteiger partial charge in [0.1, 0.15) is 0 Å². The molecule has 1 aliphatic rings. The molecule has 0 atom stereocenters. The summed E-state index contributed by atoms with van der Waals surface area (Å²) >= 11 is 4.61. The number of pyridine rings is 1. The van der Waals surface area contributed by atoms with E-state index < -0.39 is 11.7 Å². The van der Waals surface area contributed by atoms with E-state index in [0.717, 1.165) is 18.2 Å². The van der Waals surface area contributed by atoms with Crippen LogP contribution in [-0.4, -0.2) is 47.4 Å². The Kier molecular flexibility index (Phi) is 6.65. The second kappa shape index (κ2) is 9.19. The summed E-state index contributed by atoms with van der Waals surface area (Å²) in [6.07, 6.45) is 0.264. The van der Waals surface area contributed by atoms with E-state index in [1.807, 2.05) is 12.1 Å². The largest absolute Gasteiger partial charge is 0.418 e. The van der Waals surface area contributed by atoms with Crippen LogP contribution < -0.4 is 16.1 Å². The Bertz CT molecular complexity index is 864. The van der Waals surface area contributed by atoms with E-state index in [2.05, 4.69) is 32.6 Å². The third kappa shape index (κ3) is 5.88. The standard InChI is InChI=1S/C19H21F3N6S/c20-19(21,22)16-11-15(12-25-26-18(23)29)1-2-17(16)28-9-7-27(8-10-28)13-14-3-5-24-6-4-14/h1-6,11-12H,7-10,13H2,(H3,23,26,29)/b25-12+. The van der Waals surface area contributed by atoms with Crippen molar-refractivity contribution in [1.29, 1.82) is 0 Å². The lowest BCUT2D eigenvalue weighted by molar-refractivity contribution is -0.137. The van der Waals surface area contributed by atoms with Crippen molar-refractivity contribution in [2.24, 2.45) is 10.8 Å². The molecule has 0 radical (unpaired) electrons. The van der Waals surface area contributed by atoms with Gasteiger partial charge in [0.2, 0.25) is 0 Å². The van der Waals surface area contributed by atoms with Gasteiger partial charge in [-0.3, -0.25) is 15.3 Å². The van der Waals surface area contributed by atoms with Gasteiger partial charge in [0.25, 0.3) is 0 Å². The van der Waals surface area contributed by atoms with E-state index in [4.69, 9.17) is 5.73 Å². The molecule has 0 amide bonds. The topological polar surface area (TPSA) is 69.8 Å². The number of anilines is 1. The summed E-state index contributed by atoms with van der Waals surface area (Å²) in [7, 11) is 0. The SMILES string of the molecule is NC(=S)N/N=C/c1ccc(N2CCN(Cc3ccncc3)CC2)c(C(F)(F)F)c1. The van der Waals surface area contributed by atoms with Crippen molar-refractivity contribution >= 4 is 29.2 Å². The summed E-state index contributed by atoms with van der Waals surface area (Å²) < 4.78 is 41.0. The highest BCUT2D eigenvalue weighted by Crippen LogP contribution is 2.37. The highest BCUT2D eigenvalue weighted by molar-refractivity contribution is 7.80. The van der Waals surface area contributed by atoms with Gasteiger partial charge in [0.05, 0.1) is 11.8 Å². The Hall–Kier alpha value is -2.72. The van der Waals surface area contributed by atoms with Gasteiger partial charge in [-0.1, -0.05) is 6.07 Å². The normalized spacial score (nSPS) is 15.6. The maximum absolute atomic E-state index is 13.7. The minimum Gasteiger partial charge on any atom is -0.375 e. The molecule has 0 bridgehead atoms. The first-order chi connectivity index (χ1) is 13.8. The molecule has 3 N–H and O–H groups in total. The van der Waals surface area contributed by atoms with Crippen molar-refractivity contribution < 1.29 is 13.2 Å². The maximum atomic E-state index is 13.7. The maximum Gasteiger partial charge on any atom is 0.418 e. The molecule has 0 saturated carbocycles. The summed E-state index contributed by atoms with van der Waals surface area (Å²) in [4.78, 5) is 8.00. The van der Waals surface area contributed by atoms with Crippen molar-refractivity contribution in [3.63, 3.8) is 0 Å². The first-order valence-electron chi connectivity index (χ1n) is 8.99. The van der Waals surface area contributed by atoms with E-state index in [0.29, 0.717) is 31.7 Å². The Morgan fingerprint density at radius 2 is 1.86 bits per heavy atom. The van der Waals surface area contributed by atoms with Crippen LogP contribution in [0.1, 0.15) is 16.7 Å². The van der Waals surface area contributed by atoms with Crippen LogP contribution in [0.5, 0.6) is 0 Å². The molecule has 0 spiro atoms. The molecule has 1 aromatic carbocycles. The van der Waals surface area contributed by atoms with Crippen LogP contribution >= 0.6 is 12.2 Å². The first-order valence-corrected chi connectivity index (χ1v) is 9.40. The van der Waals surface area contributed by atoms with E-state index in [1.165, 1.54) is 12.3 Å². The fraction of sp³-hybridized carbons (Fsp3) is 0.316. The van der Waals surface area contributed by atoms with Crippen LogP contribution in [0.15, 0.2) is 47.8 Å². The zero-order chi connectivity index (χ0) is 20.9. The van der Waals surface area contributed by atoms with Gasteiger partial charge in [-0.25, -0.2) is 0 Å². The number of nitrogens with two attached hydrogens (primary N) is 1. The highest BCUT2D eigenvalue weighted by atomic mass is 32.1. The fourth-order valence-electron chi connectivity index (χ4n) is 3.20. The molecule has 154 valence electrons. The molecule has 1 fully saturated rings. The number of halogens is 3. The van der Waals surface area contributed by atoms with Gasteiger partial charge in [-0.2, -0.15) is 18.3 Å². The number of alkyl halides is 3. The van der Waals surface area contributed by atoms with Crippen molar-refractivity contribution in [3.05, 3.63) is 59.4 Å². The Balaban J connectivity index is 1.71. The third-order valence-corrected chi connectivity index (χ3v) is 4.67. The Morgan fingerprint density at radius 3 is 2.48 bits per heavy atom. The average Bonchev–Trinajstić information content (AvgIpc) is 2.68. The lowest BCUT2D eigenvalue weighted by atomic mass is 10.1. The summed E-state index contributed by atoms with van der Waals surface area (Å²) in [5.74, 6) is 0. The monoisotopic (exact) mass is 422 g/mol. The number of hydrogen-bond donors (Lipinski definition) is 2. The van der Waals surface area contributed by atoms with Crippen LogP contribution in [-0.2, 0) is 12.7 Å². The summed E-state index contributed by atoms with van der Waals surface area (Å²) in [5, 5.41) is 3.67. The molecule has 1 aliphatic heterocycles.